The summed E-state index contributed by atoms with van der Waals surface area (Å²) >= 11 is 0. The molecular formula is C68H118O6. The Hall–Kier alpha value is -3.41. The van der Waals surface area contributed by atoms with Gasteiger partial charge in [-0.1, -0.05) is 260 Å². The fourth-order valence-electron chi connectivity index (χ4n) is 8.87. The highest BCUT2D eigenvalue weighted by atomic mass is 16.6. The van der Waals surface area contributed by atoms with E-state index in [0.29, 0.717) is 19.3 Å². The van der Waals surface area contributed by atoms with Crippen LogP contribution in [0.4, 0.5) is 0 Å². The van der Waals surface area contributed by atoms with Crippen molar-refractivity contribution in [1.29, 1.82) is 0 Å². The van der Waals surface area contributed by atoms with Crippen molar-refractivity contribution in [1.82, 2.24) is 0 Å². The lowest BCUT2D eigenvalue weighted by Crippen LogP contribution is -2.30. The van der Waals surface area contributed by atoms with Crippen LogP contribution >= 0.6 is 0 Å². The van der Waals surface area contributed by atoms with Crippen LogP contribution in [-0.2, 0) is 28.6 Å². The molecule has 74 heavy (non-hydrogen) atoms. The molecule has 0 aliphatic heterocycles. The standard InChI is InChI=1S/C68H118O6/c1-4-7-10-13-16-19-22-25-28-30-32-33-34-35-37-38-40-43-46-49-52-55-58-61-67(70)73-64-65(63-72-66(69)60-57-54-51-48-45-42-27-24-21-18-15-12-9-6-3)74-68(71)62-59-56-53-50-47-44-41-39-36-31-29-26-23-20-17-14-11-8-5-2/h7,10,16,19,24-29,32-33,35,37,65H,4-6,8-9,11-15,17-18,20-23,30-31,34,36,38-64H2,1-3H3/b10-7-,19-16-,27-24-,28-25-,29-26-,33-32-,37-35-. The zero-order valence-corrected chi connectivity index (χ0v) is 48.8. The molecule has 0 heterocycles. The summed E-state index contributed by atoms with van der Waals surface area (Å²) in [6, 6.07) is 0. The fourth-order valence-corrected chi connectivity index (χ4v) is 8.87. The lowest BCUT2D eigenvalue weighted by Gasteiger charge is -2.18. The summed E-state index contributed by atoms with van der Waals surface area (Å²) in [4.78, 5) is 38.3. The molecule has 0 amide bonds. The van der Waals surface area contributed by atoms with E-state index >= 15 is 0 Å². The molecule has 0 spiro atoms. The van der Waals surface area contributed by atoms with E-state index in [1.165, 1.54) is 167 Å². The number of allylic oxidation sites excluding steroid dienone is 14. The highest BCUT2D eigenvalue weighted by molar-refractivity contribution is 5.71. The van der Waals surface area contributed by atoms with Crippen LogP contribution in [0, 0.1) is 0 Å². The van der Waals surface area contributed by atoms with Gasteiger partial charge < -0.3 is 14.2 Å². The maximum Gasteiger partial charge on any atom is 0.306 e. The first kappa shape index (κ1) is 70.6. The van der Waals surface area contributed by atoms with Crippen LogP contribution < -0.4 is 0 Å². The maximum absolute atomic E-state index is 12.9. The Balaban J connectivity index is 4.38. The van der Waals surface area contributed by atoms with Crippen molar-refractivity contribution in [2.75, 3.05) is 13.2 Å². The molecule has 426 valence electrons. The van der Waals surface area contributed by atoms with Crippen molar-refractivity contribution >= 4 is 17.9 Å². The number of ether oxygens (including phenoxy) is 3. The molecule has 0 aromatic heterocycles. The number of hydrogen-bond donors (Lipinski definition) is 0. The molecule has 6 heteroatoms. The first-order valence-electron chi connectivity index (χ1n) is 31.6. The average Bonchev–Trinajstić information content (AvgIpc) is 3.40. The van der Waals surface area contributed by atoms with Crippen molar-refractivity contribution < 1.29 is 28.6 Å². The van der Waals surface area contributed by atoms with E-state index in [9.17, 15) is 14.4 Å². The number of carbonyl (C=O) groups is 3. The lowest BCUT2D eigenvalue weighted by molar-refractivity contribution is -0.167. The van der Waals surface area contributed by atoms with Crippen LogP contribution in [-0.4, -0.2) is 37.2 Å². The Morgan fingerprint density at radius 2 is 0.527 bits per heavy atom. The molecule has 0 radical (unpaired) electrons. The van der Waals surface area contributed by atoms with E-state index in [0.717, 1.165) is 103 Å². The Labute approximate surface area is 458 Å². The Morgan fingerprint density at radius 3 is 0.838 bits per heavy atom. The van der Waals surface area contributed by atoms with Gasteiger partial charge in [-0.15, -0.1) is 0 Å². The SMILES string of the molecule is CC/C=C\C/C=C\C/C=C\C/C=C\C/C=C\CCCCCCCCCC(=O)OCC(COC(=O)CCCCCCC/C=C\CCCCCCC)OC(=O)CCCCCCCCCCC/C=C\CCCCCCCC. The van der Waals surface area contributed by atoms with Crippen LogP contribution in [0.25, 0.3) is 0 Å². The minimum absolute atomic E-state index is 0.0840. The molecule has 0 fully saturated rings. The van der Waals surface area contributed by atoms with E-state index in [4.69, 9.17) is 14.2 Å². The predicted molar refractivity (Wildman–Crippen MR) is 321 cm³/mol. The van der Waals surface area contributed by atoms with Gasteiger partial charge in [-0.2, -0.15) is 0 Å². The minimum Gasteiger partial charge on any atom is -0.462 e. The molecule has 0 aromatic carbocycles. The molecule has 6 nitrogen and oxygen atoms in total. The summed E-state index contributed by atoms with van der Waals surface area (Å²) in [6.07, 6.45) is 81.5. The topological polar surface area (TPSA) is 78.9 Å². The number of unbranched alkanes of at least 4 members (excludes halogenated alkanes) is 32. The first-order chi connectivity index (χ1) is 36.5. The summed E-state index contributed by atoms with van der Waals surface area (Å²) < 4.78 is 16.9. The smallest absolute Gasteiger partial charge is 0.306 e. The number of hydrogen-bond acceptors (Lipinski definition) is 6. The Bertz CT molecular complexity index is 1420. The van der Waals surface area contributed by atoms with E-state index in [-0.39, 0.29) is 31.1 Å². The fraction of sp³-hybridized carbons (Fsp3) is 0.750. The summed E-state index contributed by atoms with van der Waals surface area (Å²) in [5, 5.41) is 0. The van der Waals surface area contributed by atoms with Gasteiger partial charge in [0.15, 0.2) is 6.10 Å². The second-order valence-corrected chi connectivity index (χ2v) is 20.9. The minimum atomic E-state index is -0.787. The number of carbonyl (C=O) groups excluding carboxylic acids is 3. The zero-order valence-electron chi connectivity index (χ0n) is 48.8. The van der Waals surface area contributed by atoms with Gasteiger partial charge in [0.25, 0.3) is 0 Å². The van der Waals surface area contributed by atoms with Crippen molar-refractivity contribution in [3.63, 3.8) is 0 Å². The van der Waals surface area contributed by atoms with Gasteiger partial charge in [0.2, 0.25) is 0 Å². The summed E-state index contributed by atoms with van der Waals surface area (Å²) in [7, 11) is 0. The van der Waals surface area contributed by atoms with Gasteiger partial charge in [0.1, 0.15) is 13.2 Å². The van der Waals surface area contributed by atoms with Crippen molar-refractivity contribution in [2.45, 2.75) is 316 Å². The summed E-state index contributed by atoms with van der Waals surface area (Å²) in [5.41, 5.74) is 0. The van der Waals surface area contributed by atoms with Crippen molar-refractivity contribution in [3.8, 4) is 0 Å². The molecule has 0 saturated carbocycles. The number of esters is 3. The van der Waals surface area contributed by atoms with Crippen LogP contribution in [0.1, 0.15) is 310 Å². The third-order valence-corrected chi connectivity index (χ3v) is 13.6. The molecule has 0 aliphatic carbocycles. The van der Waals surface area contributed by atoms with E-state index in [1.807, 2.05) is 0 Å². The quantitative estimate of drug-likeness (QED) is 0.0261. The zero-order chi connectivity index (χ0) is 53.6. The van der Waals surface area contributed by atoms with Crippen LogP contribution in [0.5, 0.6) is 0 Å². The highest BCUT2D eigenvalue weighted by Gasteiger charge is 2.19. The summed E-state index contributed by atoms with van der Waals surface area (Å²) in [6.45, 7) is 6.52. The Morgan fingerprint density at radius 1 is 0.284 bits per heavy atom. The highest BCUT2D eigenvalue weighted by Crippen LogP contribution is 2.16. The largest absolute Gasteiger partial charge is 0.462 e. The van der Waals surface area contributed by atoms with Crippen molar-refractivity contribution in [2.24, 2.45) is 0 Å². The Kier molecular flexibility index (Phi) is 59.3. The third-order valence-electron chi connectivity index (χ3n) is 13.6. The lowest BCUT2D eigenvalue weighted by atomic mass is 10.1. The summed E-state index contributed by atoms with van der Waals surface area (Å²) in [5.74, 6) is -0.894. The van der Waals surface area contributed by atoms with E-state index in [2.05, 4.69) is 106 Å². The number of rotatable bonds is 57. The molecule has 1 atom stereocenters. The normalized spacial score (nSPS) is 12.6. The van der Waals surface area contributed by atoms with E-state index in [1.54, 1.807) is 0 Å². The van der Waals surface area contributed by atoms with Gasteiger partial charge in [-0.25, -0.2) is 0 Å². The monoisotopic (exact) mass is 1030 g/mol. The molecule has 0 bridgehead atoms. The average molecular weight is 1030 g/mol. The van der Waals surface area contributed by atoms with Crippen LogP contribution in [0.3, 0.4) is 0 Å². The van der Waals surface area contributed by atoms with Crippen LogP contribution in [0.2, 0.25) is 0 Å². The molecule has 0 saturated heterocycles. The predicted octanol–water partition coefficient (Wildman–Crippen LogP) is 21.5. The van der Waals surface area contributed by atoms with Gasteiger partial charge >= 0.3 is 17.9 Å². The second kappa shape index (κ2) is 62.1. The molecule has 0 rings (SSSR count). The molecule has 0 N–H and O–H groups in total. The molecule has 0 aromatic rings. The van der Waals surface area contributed by atoms with Gasteiger partial charge in [-0.3, -0.25) is 14.4 Å². The van der Waals surface area contributed by atoms with E-state index < -0.39 is 6.10 Å². The molecule has 0 aliphatic rings. The van der Waals surface area contributed by atoms with Gasteiger partial charge in [0.05, 0.1) is 0 Å². The molecule has 1 unspecified atom stereocenters. The van der Waals surface area contributed by atoms with Crippen LogP contribution in [0.15, 0.2) is 85.1 Å². The third kappa shape index (κ3) is 59.5. The van der Waals surface area contributed by atoms with Gasteiger partial charge in [0, 0.05) is 19.3 Å². The molecular weight excluding hydrogens is 913 g/mol. The van der Waals surface area contributed by atoms with Gasteiger partial charge in [-0.05, 0) is 116 Å². The second-order valence-electron chi connectivity index (χ2n) is 20.9. The first-order valence-corrected chi connectivity index (χ1v) is 31.6. The van der Waals surface area contributed by atoms with Crippen molar-refractivity contribution in [3.05, 3.63) is 85.1 Å². The maximum atomic E-state index is 12.9.